The maximum Gasteiger partial charge on any atom is 0.335 e. The molecule has 0 heterocycles. The van der Waals surface area contributed by atoms with Crippen LogP contribution in [0.1, 0.15) is 10.4 Å². The number of benzene rings is 1. The predicted molar refractivity (Wildman–Crippen MR) is 47.2 cm³/mol. The van der Waals surface area contributed by atoms with E-state index in [1.807, 2.05) is 0 Å². The lowest BCUT2D eigenvalue weighted by Gasteiger charge is -2.03. The third-order valence-electron chi connectivity index (χ3n) is 1.43. The van der Waals surface area contributed by atoms with Crippen molar-refractivity contribution in [3.8, 4) is 5.75 Å². The van der Waals surface area contributed by atoms with Gasteiger partial charge in [0.05, 0.1) is 12.7 Å². The molecule has 1 aromatic rings. The van der Waals surface area contributed by atoms with E-state index in [1.165, 1.54) is 19.2 Å². The van der Waals surface area contributed by atoms with Gasteiger partial charge < -0.3 is 9.84 Å². The fourth-order valence-electron chi connectivity index (χ4n) is 0.823. The lowest BCUT2D eigenvalue weighted by atomic mass is 10.2. The van der Waals surface area contributed by atoms with E-state index >= 15 is 0 Å². The van der Waals surface area contributed by atoms with Crippen LogP contribution in [0.15, 0.2) is 23.1 Å². The van der Waals surface area contributed by atoms with E-state index in [2.05, 4.69) is 12.6 Å². The number of thiol groups is 1. The maximum absolute atomic E-state index is 10.5. The summed E-state index contributed by atoms with van der Waals surface area (Å²) in [6.45, 7) is 0. The quantitative estimate of drug-likeness (QED) is 0.687. The van der Waals surface area contributed by atoms with Crippen molar-refractivity contribution in [1.29, 1.82) is 0 Å². The Hall–Kier alpha value is -1.16. The van der Waals surface area contributed by atoms with Crippen molar-refractivity contribution in [2.45, 2.75) is 4.90 Å². The smallest absolute Gasteiger partial charge is 0.335 e. The van der Waals surface area contributed by atoms with Crippen molar-refractivity contribution in [2.75, 3.05) is 7.11 Å². The molecule has 4 heteroatoms. The number of ether oxygens (including phenoxy) is 1. The minimum atomic E-state index is -0.965. The second kappa shape index (κ2) is 3.49. The van der Waals surface area contributed by atoms with Gasteiger partial charge in [-0.1, -0.05) is 0 Å². The third kappa shape index (κ3) is 1.71. The van der Waals surface area contributed by atoms with Gasteiger partial charge in [0.2, 0.25) is 0 Å². The molecule has 0 aliphatic carbocycles. The molecule has 1 aromatic carbocycles. The average molecular weight is 184 g/mol. The number of methoxy groups -OCH3 is 1. The summed E-state index contributed by atoms with van der Waals surface area (Å²) in [5.41, 5.74) is 0.209. The van der Waals surface area contributed by atoms with Crippen LogP contribution in [0, 0.1) is 0 Å². The largest absolute Gasteiger partial charge is 0.496 e. The van der Waals surface area contributed by atoms with E-state index in [4.69, 9.17) is 9.84 Å². The van der Waals surface area contributed by atoms with Gasteiger partial charge in [0.1, 0.15) is 5.75 Å². The molecule has 0 saturated heterocycles. The van der Waals surface area contributed by atoms with Crippen molar-refractivity contribution in [3.05, 3.63) is 23.8 Å². The molecule has 0 spiro atoms. The number of rotatable bonds is 2. The van der Waals surface area contributed by atoms with E-state index < -0.39 is 5.97 Å². The molecule has 3 nitrogen and oxygen atoms in total. The number of hydrogen-bond acceptors (Lipinski definition) is 3. The Morgan fingerprint density at radius 3 is 2.67 bits per heavy atom. The number of carbonyl (C=O) groups is 1. The Morgan fingerprint density at radius 1 is 1.58 bits per heavy atom. The Labute approximate surface area is 75.4 Å². The predicted octanol–water partition coefficient (Wildman–Crippen LogP) is 1.68. The minimum absolute atomic E-state index is 0.209. The Kier molecular flexibility index (Phi) is 2.60. The van der Waals surface area contributed by atoms with Gasteiger partial charge in [-0.05, 0) is 18.2 Å². The zero-order valence-corrected chi connectivity index (χ0v) is 7.34. The molecule has 1 N–H and O–H groups in total. The Balaban J connectivity index is 3.10. The van der Waals surface area contributed by atoms with Crippen molar-refractivity contribution in [1.82, 2.24) is 0 Å². The van der Waals surface area contributed by atoms with Gasteiger partial charge in [-0.2, -0.15) is 0 Å². The van der Waals surface area contributed by atoms with Crippen LogP contribution in [0.5, 0.6) is 5.75 Å². The molecule has 1 rings (SSSR count). The lowest BCUT2D eigenvalue weighted by Crippen LogP contribution is -1.96. The summed E-state index contributed by atoms with van der Waals surface area (Å²) < 4.78 is 4.91. The summed E-state index contributed by atoms with van der Waals surface area (Å²) >= 11 is 4.05. The highest BCUT2D eigenvalue weighted by atomic mass is 32.1. The number of carboxylic acid groups (broad SMARTS) is 1. The molecular formula is C8H8O3S. The second-order valence-corrected chi connectivity index (χ2v) is 2.67. The SMILES string of the molecule is COc1ccc(C(=O)O)cc1S. The van der Waals surface area contributed by atoms with Crippen molar-refractivity contribution >= 4 is 18.6 Å². The summed E-state index contributed by atoms with van der Waals surface area (Å²) in [6.07, 6.45) is 0. The monoisotopic (exact) mass is 184 g/mol. The summed E-state index contributed by atoms with van der Waals surface area (Å²) in [7, 11) is 1.51. The summed E-state index contributed by atoms with van der Waals surface area (Å²) in [4.78, 5) is 11.0. The van der Waals surface area contributed by atoms with Gasteiger partial charge in [0.15, 0.2) is 0 Å². The molecule has 12 heavy (non-hydrogen) atoms. The van der Waals surface area contributed by atoms with Crippen LogP contribution >= 0.6 is 12.6 Å². The highest BCUT2D eigenvalue weighted by molar-refractivity contribution is 7.80. The van der Waals surface area contributed by atoms with Crippen LogP contribution < -0.4 is 4.74 Å². The molecule has 64 valence electrons. The van der Waals surface area contributed by atoms with E-state index in [9.17, 15) is 4.79 Å². The molecule has 0 bridgehead atoms. The van der Waals surface area contributed by atoms with Crippen molar-refractivity contribution in [3.63, 3.8) is 0 Å². The summed E-state index contributed by atoms with van der Waals surface area (Å²) in [5, 5.41) is 8.60. The van der Waals surface area contributed by atoms with Crippen molar-refractivity contribution < 1.29 is 14.6 Å². The molecule has 0 aliphatic heterocycles. The Bertz CT molecular complexity index is 309. The first-order chi connectivity index (χ1) is 5.65. The molecule has 0 aliphatic rings. The first-order valence-corrected chi connectivity index (χ1v) is 3.70. The fourth-order valence-corrected chi connectivity index (χ4v) is 1.13. The van der Waals surface area contributed by atoms with Gasteiger partial charge in [0, 0.05) is 4.90 Å². The number of aromatic carboxylic acids is 1. The number of carboxylic acids is 1. The van der Waals surface area contributed by atoms with Crippen LogP contribution in [-0.2, 0) is 0 Å². The molecule has 0 unspecified atom stereocenters. The first-order valence-electron chi connectivity index (χ1n) is 3.25. The standard InChI is InChI=1S/C8H8O3S/c1-11-6-3-2-5(8(9)10)4-7(6)12/h2-4,12H,1H3,(H,9,10). The van der Waals surface area contributed by atoms with Crippen molar-refractivity contribution in [2.24, 2.45) is 0 Å². The molecular weight excluding hydrogens is 176 g/mol. The number of hydrogen-bond donors (Lipinski definition) is 2. The normalized spacial score (nSPS) is 9.50. The molecule has 0 saturated carbocycles. The summed E-state index contributed by atoms with van der Waals surface area (Å²) in [5.74, 6) is -0.392. The highest BCUT2D eigenvalue weighted by Gasteiger charge is 2.05. The zero-order valence-electron chi connectivity index (χ0n) is 6.44. The van der Waals surface area contributed by atoms with E-state index in [-0.39, 0.29) is 5.56 Å². The van der Waals surface area contributed by atoms with Gasteiger partial charge in [-0.3, -0.25) is 0 Å². The molecule has 0 fully saturated rings. The van der Waals surface area contributed by atoms with Crippen LogP contribution in [0.3, 0.4) is 0 Å². The van der Waals surface area contributed by atoms with Crippen LogP contribution in [0.25, 0.3) is 0 Å². The van der Waals surface area contributed by atoms with E-state index in [0.717, 1.165) is 0 Å². The third-order valence-corrected chi connectivity index (χ3v) is 1.78. The fraction of sp³-hybridized carbons (Fsp3) is 0.125. The zero-order chi connectivity index (χ0) is 9.14. The maximum atomic E-state index is 10.5. The van der Waals surface area contributed by atoms with Gasteiger partial charge >= 0.3 is 5.97 Å². The Morgan fingerprint density at radius 2 is 2.25 bits per heavy atom. The van der Waals surface area contributed by atoms with Gasteiger partial charge in [0.25, 0.3) is 0 Å². The molecule has 0 amide bonds. The molecule has 0 aromatic heterocycles. The van der Waals surface area contributed by atoms with E-state index in [1.54, 1.807) is 6.07 Å². The topological polar surface area (TPSA) is 46.5 Å². The van der Waals surface area contributed by atoms with Crippen LogP contribution in [-0.4, -0.2) is 18.2 Å². The van der Waals surface area contributed by atoms with Gasteiger partial charge in [-0.25, -0.2) is 4.79 Å². The van der Waals surface area contributed by atoms with Gasteiger partial charge in [-0.15, -0.1) is 12.6 Å². The molecule has 0 atom stereocenters. The average Bonchev–Trinajstić information content (AvgIpc) is 2.04. The summed E-state index contributed by atoms with van der Waals surface area (Å²) in [6, 6.07) is 4.50. The second-order valence-electron chi connectivity index (χ2n) is 2.19. The van der Waals surface area contributed by atoms with Crippen LogP contribution in [0.2, 0.25) is 0 Å². The lowest BCUT2D eigenvalue weighted by molar-refractivity contribution is 0.0696. The van der Waals surface area contributed by atoms with E-state index in [0.29, 0.717) is 10.6 Å². The minimum Gasteiger partial charge on any atom is -0.496 e. The first kappa shape index (κ1) is 8.93. The highest BCUT2D eigenvalue weighted by Crippen LogP contribution is 2.22. The molecule has 0 radical (unpaired) electrons. The van der Waals surface area contributed by atoms with Crippen LogP contribution in [0.4, 0.5) is 0 Å².